The Morgan fingerprint density at radius 2 is 2.05 bits per heavy atom. The Bertz CT molecular complexity index is 364. The van der Waals surface area contributed by atoms with E-state index >= 15 is 0 Å². The number of hydrogen-bond donors (Lipinski definition) is 2. The van der Waals surface area contributed by atoms with Crippen molar-refractivity contribution < 1.29 is 19.8 Å². The first-order valence-corrected chi connectivity index (χ1v) is 7.19. The van der Waals surface area contributed by atoms with Crippen molar-refractivity contribution in [1.82, 2.24) is 14.7 Å². The van der Waals surface area contributed by atoms with Crippen LogP contribution in [-0.4, -0.2) is 89.3 Å². The average molecular weight is 285 g/mol. The maximum absolute atomic E-state index is 11.8. The quantitative estimate of drug-likeness (QED) is 0.712. The Labute approximate surface area is 118 Å². The van der Waals surface area contributed by atoms with E-state index in [1.165, 1.54) is 0 Å². The number of amides is 2. The summed E-state index contributed by atoms with van der Waals surface area (Å²) in [5.41, 5.74) is 0. The van der Waals surface area contributed by atoms with Crippen molar-refractivity contribution in [1.29, 1.82) is 0 Å². The summed E-state index contributed by atoms with van der Waals surface area (Å²) in [6, 6.07) is 0. The van der Waals surface area contributed by atoms with Gasteiger partial charge in [-0.05, 0) is 31.8 Å². The first-order valence-electron chi connectivity index (χ1n) is 7.19. The van der Waals surface area contributed by atoms with Crippen molar-refractivity contribution in [2.75, 3.05) is 52.4 Å². The first kappa shape index (κ1) is 15.1. The Hall–Kier alpha value is -1.34. The van der Waals surface area contributed by atoms with Crippen molar-refractivity contribution in [2.45, 2.75) is 12.8 Å². The summed E-state index contributed by atoms with van der Waals surface area (Å²) in [6.07, 6.45) is 0.925. The third-order valence-corrected chi connectivity index (χ3v) is 4.12. The van der Waals surface area contributed by atoms with Gasteiger partial charge >= 0.3 is 6.09 Å². The van der Waals surface area contributed by atoms with Crippen LogP contribution in [-0.2, 0) is 4.79 Å². The van der Waals surface area contributed by atoms with Crippen LogP contribution < -0.4 is 0 Å². The molecule has 2 rings (SSSR count). The molecule has 2 aliphatic heterocycles. The minimum absolute atomic E-state index is 0.0222. The SMILES string of the molecule is O=C(O)N1CCN(CCCN2CCC(CO)C2)C(=O)C1. The first-order chi connectivity index (χ1) is 9.60. The molecule has 0 spiro atoms. The van der Waals surface area contributed by atoms with Gasteiger partial charge in [0, 0.05) is 32.8 Å². The number of aliphatic hydroxyl groups excluding tert-OH is 1. The summed E-state index contributed by atoms with van der Waals surface area (Å²) in [5.74, 6) is 0.295. The van der Waals surface area contributed by atoms with E-state index < -0.39 is 6.09 Å². The van der Waals surface area contributed by atoms with Gasteiger partial charge in [-0.2, -0.15) is 0 Å². The van der Waals surface area contributed by atoms with Gasteiger partial charge in [0.05, 0.1) is 0 Å². The molecule has 1 atom stereocenters. The number of aliphatic hydroxyl groups is 1. The smallest absolute Gasteiger partial charge is 0.407 e. The van der Waals surface area contributed by atoms with Crippen LogP contribution in [0.5, 0.6) is 0 Å². The second-order valence-corrected chi connectivity index (χ2v) is 5.58. The molecule has 0 aromatic carbocycles. The van der Waals surface area contributed by atoms with Crippen LogP contribution in [0.25, 0.3) is 0 Å². The van der Waals surface area contributed by atoms with Gasteiger partial charge in [-0.1, -0.05) is 0 Å². The minimum atomic E-state index is -1.02. The van der Waals surface area contributed by atoms with Crippen molar-refractivity contribution in [2.24, 2.45) is 5.92 Å². The molecule has 0 aromatic rings. The Kier molecular flexibility index (Phi) is 5.19. The number of hydrogen-bond acceptors (Lipinski definition) is 4. The number of carbonyl (C=O) groups is 2. The molecule has 114 valence electrons. The van der Waals surface area contributed by atoms with E-state index in [-0.39, 0.29) is 19.1 Å². The minimum Gasteiger partial charge on any atom is -0.465 e. The van der Waals surface area contributed by atoms with Gasteiger partial charge in [-0.25, -0.2) is 4.79 Å². The second kappa shape index (κ2) is 6.90. The molecule has 2 N–H and O–H groups in total. The molecule has 0 saturated carbocycles. The molecule has 0 radical (unpaired) electrons. The molecule has 2 amide bonds. The summed E-state index contributed by atoms with van der Waals surface area (Å²) >= 11 is 0. The van der Waals surface area contributed by atoms with Gasteiger partial charge in [0.2, 0.25) is 5.91 Å². The number of nitrogens with zero attached hydrogens (tertiary/aromatic N) is 3. The molecule has 0 aliphatic carbocycles. The third-order valence-electron chi connectivity index (χ3n) is 4.12. The highest BCUT2D eigenvalue weighted by Crippen LogP contribution is 2.15. The highest BCUT2D eigenvalue weighted by Gasteiger charge is 2.27. The van der Waals surface area contributed by atoms with Crippen LogP contribution in [0.4, 0.5) is 4.79 Å². The zero-order valence-electron chi connectivity index (χ0n) is 11.7. The molecular weight excluding hydrogens is 262 g/mol. The molecule has 2 fully saturated rings. The predicted octanol–water partition coefficient (Wildman–Crippen LogP) is -0.487. The predicted molar refractivity (Wildman–Crippen MR) is 72.4 cm³/mol. The van der Waals surface area contributed by atoms with Crippen LogP contribution in [0.3, 0.4) is 0 Å². The summed E-state index contributed by atoms with van der Waals surface area (Å²) < 4.78 is 0. The number of rotatable bonds is 5. The highest BCUT2D eigenvalue weighted by molar-refractivity contribution is 5.83. The van der Waals surface area contributed by atoms with Gasteiger partial charge in [-0.3, -0.25) is 9.69 Å². The number of likely N-dealkylation sites (tertiary alicyclic amines) is 1. The fraction of sp³-hybridized carbons (Fsp3) is 0.846. The van der Waals surface area contributed by atoms with Gasteiger partial charge in [0.1, 0.15) is 6.54 Å². The molecule has 2 aliphatic rings. The van der Waals surface area contributed by atoms with Gasteiger partial charge in [0.15, 0.2) is 0 Å². The lowest BCUT2D eigenvalue weighted by molar-refractivity contribution is -0.135. The zero-order valence-corrected chi connectivity index (χ0v) is 11.7. The van der Waals surface area contributed by atoms with E-state index in [0.717, 1.165) is 37.4 Å². The van der Waals surface area contributed by atoms with Crippen molar-refractivity contribution in [3.8, 4) is 0 Å². The summed E-state index contributed by atoms with van der Waals surface area (Å²) in [7, 11) is 0. The maximum Gasteiger partial charge on any atom is 0.407 e. The second-order valence-electron chi connectivity index (χ2n) is 5.58. The van der Waals surface area contributed by atoms with Crippen LogP contribution in [0, 0.1) is 5.92 Å². The van der Waals surface area contributed by atoms with Crippen LogP contribution in [0.15, 0.2) is 0 Å². The van der Waals surface area contributed by atoms with Crippen molar-refractivity contribution in [3.63, 3.8) is 0 Å². The molecule has 1 unspecified atom stereocenters. The van der Waals surface area contributed by atoms with Gasteiger partial charge in [0.25, 0.3) is 0 Å². The number of carbonyl (C=O) groups excluding carboxylic acids is 1. The highest BCUT2D eigenvalue weighted by atomic mass is 16.4. The van der Waals surface area contributed by atoms with Crippen molar-refractivity contribution in [3.05, 3.63) is 0 Å². The lowest BCUT2D eigenvalue weighted by Gasteiger charge is -2.33. The van der Waals surface area contributed by atoms with Crippen LogP contribution >= 0.6 is 0 Å². The molecular formula is C13H23N3O4. The molecule has 0 aromatic heterocycles. The topological polar surface area (TPSA) is 84.3 Å². The summed E-state index contributed by atoms with van der Waals surface area (Å²) in [4.78, 5) is 27.8. The van der Waals surface area contributed by atoms with Crippen LogP contribution in [0.2, 0.25) is 0 Å². The molecule has 0 bridgehead atoms. The van der Waals surface area contributed by atoms with E-state index in [4.69, 9.17) is 10.2 Å². The van der Waals surface area contributed by atoms with Gasteiger partial charge < -0.3 is 20.0 Å². The molecule has 20 heavy (non-hydrogen) atoms. The lowest BCUT2D eigenvalue weighted by atomic mass is 10.1. The van der Waals surface area contributed by atoms with E-state index in [1.807, 2.05) is 0 Å². The molecule has 2 heterocycles. The average Bonchev–Trinajstić information content (AvgIpc) is 2.88. The Balaban J connectivity index is 1.65. The fourth-order valence-electron chi connectivity index (χ4n) is 2.86. The molecule has 7 heteroatoms. The summed E-state index contributed by atoms with van der Waals surface area (Å²) in [6.45, 7) is 4.71. The van der Waals surface area contributed by atoms with E-state index in [0.29, 0.717) is 25.6 Å². The van der Waals surface area contributed by atoms with Gasteiger partial charge in [-0.15, -0.1) is 0 Å². The van der Waals surface area contributed by atoms with Crippen LogP contribution in [0.1, 0.15) is 12.8 Å². The third kappa shape index (κ3) is 3.83. The standard InChI is InChI=1S/C13H23N3O4/c17-10-11-2-5-14(8-11)3-1-4-15-6-7-16(13(19)20)9-12(15)18/h11,17H,1-10H2,(H,19,20). The molecule has 7 nitrogen and oxygen atoms in total. The van der Waals surface area contributed by atoms with E-state index in [2.05, 4.69) is 4.90 Å². The normalized spacial score (nSPS) is 24.4. The monoisotopic (exact) mass is 285 g/mol. The maximum atomic E-state index is 11.8. The van der Waals surface area contributed by atoms with E-state index in [9.17, 15) is 9.59 Å². The fourth-order valence-corrected chi connectivity index (χ4v) is 2.86. The lowest BCUT2D eigenvalue weighted by Crippen LogP contribution is -2.52. The Morgan fingerprint density at radius 3 is 2.65 bits per heavy atom. The number of carboxylic acid groups (broad SMARTS) is 1. The van der Waals surface area contributed by atoms with E-state index in [1.54, 1.807) is 4.90 Å². The summed E-state index contributed by atoms with van der Waals surface area (Å²) in [5, 5.41) is 17.9. The zero-order chi connectivity index (χ0) is 14.5. The largest absolute Gasteiger partial charge is 0.465 e. The molecule has 2 saturated heterocycles. The van der Waals surface area contributed by atoms with Crippen molar-refractivity contribution >= 4 is 12.0 Å². The Morgan fingerprint density at radius 1 is 1.25 bits per heavy atom. The number of piperazine rings is 1.